The third-order valence-electron chi connectivity index (χ3n) is 5.26. The minimum atomic E-state index is -1.00. The Morgan fingerprint density at radius 3 is 2.24 bits per heavy atom. The molecule has 1 unspecified atom stereocenters. The number of carbonyl (C=O) groups excluding carboxylic acids is 4. The second-order valence-electron chi connectivity index (χ2n) is 7.14. The number of amides is 3. The van der Waals surface area contributed by atoms with Crippen LogP contribution in [0.2, 0.25) is 0 Å². The number of anilines is 1. The first-order valence-corrected chi connectivity index (χ1v) is 10.0. The summed E-state index contributed by atoms with van der Waals surface area (Å²) in [5.41, 5.74) is 0.863. The van der Waals surface area contributed by atoms with Gasteiger partial charge in [0.2, 0.25) is 5.91 Å². The molecule has 0 aliphatic carbocycles. The summed E-state index contributed by atoms with van der Waals surface area (Å²) in [5, 5.41) is 0. The van der Waals surface area contributed by atoms with E-state index in [2.05, 4.69) is 11.3 Å². The lowest BCUT2D eigenvalue weighted by Crippen LogP contribution is -2.45. The summed E-state index contributed by atoms with van der Waals surface area (Å²) in [7, 11) is 4.20. The fourth-order valence-electron chi connectivity index (χ4n) is 3.62. The van der Waals surface area contributed by atoms with E-state index in [4.69, 9.17) is 9.47 Å². The minimum Gasteiger partial charge on any atom is -0.493 e. The Kier molecular flexibility index (Phi) is 7.12. The van der Waals surface area contributed by atoms with Crippen LogP contribution in [-0.4, -0.2) is 62.5 Å². The lowest BCUT2D eigenvalue weighted by atomic mass is 10.1. The molecule has 2 aromatic rings. The Labute approximate surface area is 191 Å². The number of carbonyl (C=O) groups is 4. The number of nitrogens with zero attached hydrogens (tertiary/aromatic N) is 2. The maximum atomic E-state index is 13.3. The van der Waals surface area contributed by atoms with Gasteiger partial charge in [0, 0.05) is 12.1 Å². The number of benzene rings is 2. The van der Waals surface area contributed by atoms with E-state index in [-0.39, 0.29) is 24.1 Å². The van der Waals surface area contributed by atoms with E-state index in [0.717, 1.165) is 4.90 Å². The van der Waals surface area contributed by atoms with E-state index in [0.29, 0.717) is 17.2 Å². The molecule has 1 aliphatic rings. The Hall–Kier alpha value is -4.14. The highest BCUT2D eigenvalue weighted by Gasteiger charge is 2.44. The van der Waals surface area contributed by atoms with E-state index in [1.54, 1.807) is 12.1 Å². The zero-order valence-corrected chi connectivity index (χ0v) is 18.6. The van der Waals surface area contributed by atoms with E-state index >= 15 is 0 Å². The van der Waals surface area contributed by atoms with Gasteiger partial charge in [-0.15, -0.1) is 6.58 Å². The lowest BCUT2D eigenvalue weighted by molar-refractivity contribution is -0.122. The molecule has 0 N–H and O–H groups in total. The zero-order valence-electron chi connectivity index (χ0n) is 18.6. The monoisotopic (exact) mass is 452 g/mol. The van der Waals surface area contributed by atoms with Crippen molar-refractivity contribution in [1.82, 2.24) is 4.90 Å². The molecule has 1 fully saturated rings. The topological polar surface area (TPSA) is 102 Å². The van der Waals surface area contributed by atoms with Crippen molar-refractivity contribution in [2.45, 2.75) is 12.5 Å². The molecule has 0 radical (unpaired) electrons. The Morgan fingerprint density at radius 1 is 1.03 bits per heavy atom. The second-order valence-corrected chi connectivity index (χ2v) is 7.14. The number of methoxy groups -OCH3 is 3. The van der Waals surface area contributed by atoms with Gasteiger partial charge in [-0.3, -0.25) is 14.4 Å². The van der Waals surface area contributed by atoms with E-state index in [1.807, 2.05) is 0 Å². The molecule has 0 spiro atoms. The summed E-state index contributed by atoms with van der Waals surface area (Å²) in [6.07, 6.45) is 1.31. The van der Waals surface area contributed by atoms with Gasteiger partial charge in [0.1, 0.15) is 6.04 Å². The number of rotatable bonds is 8. The molecule has 3 rings (SSSR count). The molecule has 9 heteroatoms. The standard InChI is InChI=1S/C24H24N2O7/c1-5-12-25(22(28)16-8-11-19(31-2)20(13-16)32-3)18-14-21(27)26(23(18)29)17-9-6-15(7-10-17)24(30)33-4/h5-11,13,18H,1,12,14H2,2-4H3. The molecule has 1 saturated heterocycles. The summed E-state index contributed by atoms with van der Waals surface area (Å²) in [6.45, 7) is 3.73. The summed E-state index contributed by atoms with van der Waals surface area (Å²) in [4.78, 5) is 53.2. The first-order valence-electron chi connectivity index (χ1n) is 10.0. The SMILES string of the molecule is C=CCN(C(=O)c1ccc(OC)c(OC)c1)C1CC(=O)N(c2ccc(C(=O)OC)cc2)C1=O. The summed E-state index contributed by atoms with van der Waals surface area (Å²) in [5.74, 6) is -1.16. The van der Waals surface area contributed by atoms with Crippen molar-refractivity contribution in [3.05, 3.63) is 66.2 Å². The fraction of sp³-hybridized carbons (Fsp3) is 0.250. The average Bonchev–Trinajstić information content (AvgIpc) is 3.14. The van der Waals surface area contributed by atoms with Gasteiger partial charge in [-0.25, -0.2) is 9.69 Å². The van der Waals surface area contributed by atoms with Crippen LogP contribution in [0.5, 0.6) is 11.5 Å². The number of hydrogen-bond donors (Lipinski definition) is 0. The van der Waals surface area contributed by atoms with Gasteiger partial charge >= 0.3 is 5.97 Å². The maximum Gasteiger partial charge on any atom is 0.337 e. The van der Waals surface area contributed by atoms with Crippen LogP contribution < -0.4 is 14.4 Å². The van der Waals surface area contributed by atoms with Crippen molar-refractivity contribution in [3.63, 3.8) is 0 Å². The van der Waals surface area contributed by atoms with Crippen LogP contribution in [0.25, 0.3) is 0 Å². The Bertz CT molecular complexity index is 1090. The summed E-state index contributed by atoms with van der Waals surface area (Å²) >= 11 is 0. The normalized spacial score (nSPS) is 15.2. The minimum absolute atomic E-state index is 0.0615. The van der Waals surface area contributed by atoms with E-state index < -0.39 is 29.7 Å². The van der Waals surface area contributed by atoms with Crippen LogP contribution in [-0.2, 0) is 14.3 Å². The van der Waals surface area contributed by atoms with Crippen molar-refractivity contribution in [1.29, 1.82) is 0 Å². The largest absolute Gasteiger partial charge is 0.493 e. The van der Waals surface area contributed by atoms with Crippen molar-refractivity contribution >= 4 is 29.4 Å². The van der Waals surface area contributed by atoms with Crippen LogP contribution in [0.4, 0.5) is 5.69 Å². The summed E-state index contributed by atoms with van der Waals surface area (Å²) in [6, 6.07) is 9.56. The van der Waals surface area contributed by atoms with Crippen molar-refractivity contribution in [3.8, 4) is 11.5 Å². The van der Waals surface area contributed by atoms with Crippen LogP contribution in [0.1, 0.15) is 27.1 Å². The van der Waals surface area contributed by atoms with Gasteiger partial charge in [0.05, 0.1) is 39.0 Å². The van der Waals surface area contributed by atoms with Gasteiger partial charge in [-0.1, -0.05) is 6.08 Å². The Balaban J connectivity index is 1.89. The molecular weight excluding hydrogens is 428 g/mol. The molecule has 2 aromatic carbocycles. The van der Waals surface area contributed by atoms with E-state index in [1.165, 1.54) is 62.6 Å². The highest BCUT2D eigenvalue weighted by molar-refractivity contribution is 6.23. The van der Waals surface area contributed by atoms with Crippen molar-refractivity contribution < 1.29 is 33.4 Å². The van der Waals surface area contributed by atoms with Crippen LogP contribution in [0, 0.1) is 0 Å². The molecule has 1 heterocycles. The van der Waals surface area contributed by atoms with Crippen molar-refractivity contribution in [2.24, 2.45) is 0 Å². The predicted octanol–water partition coefficient (Wildman–Crippen LogP) is 2.45. The van der Waals surface area contributed by atoms with Gasteiger partial charge in [-0.05, 0) is 42.5 Å². The zero-order chi connectivity index (χ0) is 24.1. The highest BCUT2D eigenvalue weighted by atomic mass is 16.5. The number of ether oxygens (including phenoxy) is 3. The quantitative estimate of drug-likeness (QED) is 0.344. The molecule has 0 aromatic heterocycles. The molecular formula is C24H24N2O7. The van der Waals surface area contributed by atoms with Gasteiger partial charge < -0.3 is 19.1 Å². The smallest absolute Gasteiger partial charge is 0.337 e. The number of esters is 1. The molecule has 33 heavy (non-hydrogen) atoms. The van der Waals surface area contributed by atoms with Gasteiger partial charge in [0.25, 0.3) is 11.8 Å². The van der Waals surface area contributed by atoms with Gasteiger partial charge in [-0.2, -0.15) is 0 Å². The molecule has 9 nitrogen and oxygen atoms in total. The Morgan fingerprint density at radius 2 is 1.67 bits per heavy atom. The van der Waals surface area contributed by atoms with Crippen LogP contribution in [0.3, 0.4) is 0 Å². The highest BCUT2D eigenvalue weighted by Crippen LogP contribution is 2.30. The van der Waals surface area contributed by atoms with Gasteiger partial charge in [0.15, 0.2) is 11.5 Å². The number of hydrogen-bond acceptors (Lipinski definition) is 7. The molecule has 3 amide bonds. The predicted molar refractivity (Wildman–Crippen MR) is 119 cm³/mol. The first kappa shape index (κ1) is 23.5. The fourth-order valence-corrected chi connectivity index (χ4v) is 3.62. The first-order chi connectivity index (χ1) is 15.9. The second kappa shape index (κ2) is 9.99. The lowest BCUT2D eigenvalue weighted by Gasteiger charge is -2.27. The number of imide groups is 1. The molecule has 1 aliphatic heterocycles. The third kappa shape index (κ3) is 4.57. The molecule has 0 saturated carbocycles. The van der Waals surface area contributed by atoms with E-state index in [9.17, 15) is 19.2 Å². The molecule has 172 valence electrons. The van der Waals surface area contributed by atoms with Crippen LogP contribution >= 0.6 is 0 Å². The molecule has 1 atom stereocenters. The van der Waals surface area contributed by atoms with Crippen molar-refractivity contribution in [2.75, 3.05) is 32.8 Å². The van der Waals surface area contributed by atoms with Crippen LogP contribution in [0.15, 0.2) is 55.1 Å². The maximum absolute atomic E-state index is 13.3. The third-order valence-corrected chi connectivity index (χ3v) is 5.26. The average molecular weight is 452 g/mol. The molecule has 0 bridgehead atoms. The summed E-state index contributed by atoms with van der Waals surface area (Å²) < 4.78 is 15.1.